The average Bonchev–Trinajstić information content (AvgIpc) is 2.73. The van der Waals surface area contributed by atoms with Crippen LogP contribution in [0.2, 0.25) is 0 Å². The van der Waals surface area contributed by atoms with Crippen LogP contribution in [0, 0.1) is 13.8 Å². The largest absolute Gasteiger partial charge is 0.494 e. The molecule has 13 heteroatoms. The first-order chi connectivity index (χ1) is 15.3. The number of carbonyl (C=O) groups is 1. The number of alkyl halides is 3. The van der Waals surface area contributed by atoms with Crippen LogP contribution in [0.1, 0.15) is 27.3 Å². The molecular weight excluding hydrogens is 447 g/mol. The molecule has 2 aromatic heterocycles. The normalized spacial score (nSPS) is 11.4. The third kappa shape index (κ3) is 4.56. The summed E-state index contributed by atoms with van der Waals surface area (Å²) in [6.45, 7) is 3.19. The Morgan fingerprint density at radius 1 is 1.12 bits per heavy atom. The number of halogens is 3. The van der Waals surface area contributed by atoms with Gasteiger partial charge in [-0.3, -0.25) is 18.7 Å². The van der Waals surface area contributed by atoms with Crippen LogP contribution in [0.15, 0.2) is 34.0 Å². The number of carbonyl (C=O) groups excluding carboxylic acids is 1. The first-order valence-electron chi connectivity index (χ1n) is 9.31. The number of hydrogen-bond acceptors (Lipinski definition) is 7. The van der Waals surface area contributed by atoms with E-state index < -0.39 is 40.6 Å². The zero-order valence-corrected chi connectivity index (χ0v) is 17.8. The Kier molecular flexibility index (Phi) is 5.99. The maximum atomic E-state index is 12.8. The van der Waals surface area contributed by atoms with Crippen LogP contribution >= 0.6 is 0 Å². The van der Waals surface area contributed by atoms with E-state index in [4.69, 9.17) is 4.74 Å². The van der Waals surface area contributed by atoms with Gasteiger partial charge in [-0.2, -0.15) is 18.2 Å². The fourth-order valence-electron chi connectivity index (χ4n) is 3.04. The highest BCUT2D eigenvalue weighted by atomic mass is 19.4. The van der Waals surface area contributed by atoms with Crippen molar-refractivity contribution < 1.29 is 27.8 Å². The number of aromatic hydroxyl groups is 1. The second kappa shape index (κ2) is 8.41. The molecule has 0 aliphatic heterocycles. The lowest BCUT2D eigenvalue weighted by Gasteiger charge is -2.15. The third-order valence-electron chi connectivity index (χ3n) is 4.71. The molecule has 0 saturated carbocycles. The standard InChI is InChI=1S/C20H18F3N5O5/c1-9-7-11(33-12-5-6-24-18(25-12)20(21,22)23)8-10(2)14(9)26-15(29)13-16(30)27(3)19(32)28(4)17(13)31/h5-8,30H,1-4H3,(H,26,29). The van der Waals surface area contributed by atoms with Gasteiger partial charge in [0.05, 0.1) is 0 Å². The van der Waals surface area contributed by atoms with E-state index in [1.54, 1.807) is 13.8 Å². The summed E-state index contributed by atoms with van der Waals surface area (Å²) in [4.78, 5) is 43.4. The average molecular weight is 465 g/mol. The van der Waals surface area contributed by atoms with E-state index >= 15 is 0 Å². The molecule has 0 unspecified atom stereocenters. The Bertz CT molecular complexity index is 1350. The minimum absolute atomic E-state index is 0.149. The van der Waals surface area contributed by atoms with Gasteiger partial charge < -0.3 is 15.2 Å². The third-order valence-corrected chi connectivity index (χ3v) is 4.71. The summed E-state index contributed by atoms with van der Waals surface area (Å²) >= 11 is 0. The summed E-state index contributed by atoms with van der Waals surface area (Å²) in [7, 11) is 2.37. The number of hydrogen-bond donors (Lipinski definition) is 2. The van der Waals surface area contributed by atoms with E-state index in [1.165, 1.54) is 26.2 Å². The van der Waals surface area contributed by atoms with Gasteiger partial charge in [0.15, 0.2) is 5.56 Å². The highest BCUT2D eigenvalue weighted by Crippen LogP contribution is 2.31. The molecular formula is C20H18F3N5O5. The van der Waals surface area contributed by atoms with Crippen molar-refractivity contribution in [2.75, 3.05) is 5.32 Å². The lowest BCUT2D eigenvalue weighted by Crippen LogP contribution is -2.41. The fourth-order valence-corrected chi connectivity index (χ4v) is 3.04. The highest BCUT2D eigenvalue weighted by molar-refractivity contribution is 6.06. The van der Waals surface area contributed by atoms with Crippen molar-refractivity contribution in [3.8, 4) is 17.5 Å². The molecule has 0 spiro atoms. The van der Waals surface area contributed by atoms with E-state index in [0.29, 0.717) is 15.7 Å². The summed E-state index contributed by atoms with van der Waals surface area (Å²) in [6.07, 6.45) is -3.82. The summed E-state index contributed by atoms with van der Waals surface area (Å²) < 4.78 is 45.2. The summed E-state index contributed by atoms with van der Waals surface area (Å²) in [6, 6.07) is 4.04. The Balaban J connectivity index is 1.92. The smallest absolute Gasteiger partial charge is 0.451 e. The zero-order chi connectivity index (χ0) is 24.7. The molecule has 10 nitrogen and oxygen atoms in total. The monoisotopic (exact) mass is 465 g/mol. The van der Waals surface area contributed by atoms with Gasteiger partial charge in [0.1, 0.15) is 5.75 Å². The van der Waals surface area contributed by atoms with Gasteiger partial charge in [0, 0.05) is 32.0 Å². The van der Waals surface area contributed by atoms with E-state index in [0.717, 1.165) is 16.8 Å². The fraction of sp³-hybridized carbons (Fsp3) is 0.250. The van der Waals surface area contributed by atoms with E-state index in [9.17, 15) is 32.7 Å². The molecule has 3 aromatic rings. The first kappa shape index (κ1) is 23.5. The minimum Gasteiger partial charge on any atom is -0.494 e. The van der Waals surface area contributed by atoms with Gasteiger partial charge in [-0.25, -0.2) is 9.78 Å². The van der Waals surface area contributed by atoms with Crippen LogP contribution in [0.25, 0.3) is 0 Å². The number of nitrogens with zero attached hydrogens (tertiary/aromatic N) is 4. The summed E-state index contributed by atoms with van der Waals surface area (Å²) in [5.41, 5.74) is -1.23. The van der Waals surface area contributed by atoms with Crippen molar-refractivity contribution >= 4 is 11.6 Å². The molecule has 174 valence electrons. The second-order valence-corrected chi connectivity index (χ2v) is 7.11. The maximum Gasteiger partial charge on any atom is 0.451 e. The molecule has 0 atom stereocenters. The molecule has 0 bridgehead atoms. The van der Waals surface area contributed by atoms with Crippen molar-refractivity contribution in [3.63, 3.8) is 0 Å². The number of aromatic nitrogens is 4. The van der Waals surface area contributed by atoms with Crippen molar-refractivity contribution in [1.29, 1.82) is 0 Å². The molecule has 2 heterocycles. The molecule has 33 heavy (non-hydrogen) atoms. The Morgan fingerprint density at radius 3 is 2.30 bits per heavy atom. The number of amides is 1. The van der Waals surface area contributed by atoms with E-state index in [2.05, 4.69) is 15.3 Å². The number of benzene rings is 1. The van der Waals surface area contributed by atoms with Crippen LogP contribution in [0.3, 0.4) is 0 Å². The van der Waals surface area contributed by atoms with Gasteiger partial charge in [0.2, 0.25) is 17.6 Å². The number of nitrogens with one attached hydrogen (secondary N) is 1. The highest BCUT2D eigenvalue weighted by Gasteiger charge is 2.35. The topological polar surface area (TPSA) is 128 Å². The van der Waals surface area contributed by atoms with Crippen LogP contribution in [-0.4, -0.2) is 30.1 Å². The number of anilines is 1. The van der Waals surface area contributed by atoms with Gasteiger partial charge >= 0.3 is 11.9 Å². The summed E-state index contributed by atoms with van der Waals surface area (Å²) in [5, 5.41) is 12.6. The maximum absolute atomic E-state index is 12.8. The Morgan fingerprint density at radius 2 is 1.73 bits per heavy atom. The molecule has 0 aliphatic rings. The molecule has 0 radical (unpaired) electrons. The van der Waals surface area contributed by atoms with Crippen molar-refractivity contribution in [3.05, 3.63) is 67.7 Å². The van der Waals surface area contributed by atoms with Crippen LogP contribution in [0.5, 0.6) is 17.5 Å². The lowest BCUT2D eigenvalue weighted by molar-refractivity contribution is -0.145. The van der Waals surface area contributed by atoms with Crippen LogP contribution in [-0.2, 0) is 20.3 Å². The van der Waals surface area contributed by atoms with Crippen LogP contribution in [0.4, 0.5) is 18.9 Å². The first-order valence-corrected chi connectivity index (χ1v) is 9.31. The molecule has 0 saturated heterocycles. The van der Waals surface area contributed by atoms with Crippen molar-refractivity contribution in [2.45, 2.75) is 20.0 Å². The van der Waals surface area contributed by atoms with Crippen molar-refractivity contribution in [1.82, 2.24) is 19.1 Å². The molecule has 0 aliphatic carbocycles. The van der Waals surface area contributed by atoms with Crippen molar-refractivity contribution in [2.24, 2.45) is 14.1 Å². The number of ether oxygens (including phenoxy) is 1. The SMILES string of the molecule is Cc1cc(Oc2ccnc(C(F)(F)F)n2)cc(C)c1NC(=O)c1c(O)n(C)c(=O)n(C)c1=O. The van der Waals surface area contributed by atoms with Gasteiger partial charge in [-0.1, -0.05) is 0 Å². The molecule has 1 amide bonds. The minimum atomic E-state index is -4.73. The van der Waals surface area contributed by atoms with Gasteiger partial charge in [0.25, 0.3) is 11.5 Å². The van der Waals surface area contributed by atoms with Gasteiger partial charge in [-0.05, 0) is 37.1 Å². The predicted molar refractivity (Wildman–Crippen MR) is 110 cm³/mol. The van der Waals surface area contributed by atoms with Crippen LogP contribution < -0.4 is 21.3 Å². The Labute approximate surface area is 183 Å². The quantitative estimate of drug-likeness (QED) is 0.605. The number of aryl methyl sites for hydroxylation is 2. The predicted octanol–water partition coefficient (Wildman–Crippen LogP) is 2.26. The second-order valence-electron chi connectivity index (χ2n) is 7.11. The molecule has 1 aromatic carbocycles. The van der Waals surface area contributed by atoms with E-state index in [1.807, 2.05) is 0 Å². The summed E-state index contributed by atoms with van der Waals surface area (Å²) in [5.74, 6) is -3.27. The lowest BCUT2D eigenvalue weighted by atomic mass is 10.1. The molecule has 2 N–H and O–H groups in total. The van der Waals surface area contributed by atoms with Gasteiger partial charge in [-0.15, -0.1) is 0 Å². The Hall–Kier alpha value is -4.16. The number of rotatable bonds is 4. The molecule has 0 fully saturated rings. The van der Waals surface area contributed by atoms with E-state index in [-0.39, 0.29) is 17.3 Å². The molecule has 3 rings (SSSR count). The zero-order valence-electron chi connectivity index (χ0n) is 17.8.